The van der Waals surface area contributed by atoms with Crippen molar-refractivity contribution in [1.29, 1.82) is 0 Å². The summed E-state index contributed by atoms with van der Waals surface area (Å²) in [7, 11) is -3.65. The summed E-state index contributed by atoms with van der Waals surface area (Å²) >= 11 is 1.54. The maximum atomic E-state index is 13.8. The second-order valence-electron chi connectivity index (χ2n) is 8.96. The van der Waals surface area contributed by atoms with Gasteiger partial charge in [-0.15, -0.1) is 11.3 Å². The molecule has 1 atom stereocenters. The normalized spacial score (nSPS) is 17.2. The highest BCUT2D eigenvalue weighted by Crippen LogP contribution is 2.29. The highest BCUT2D eigenvalue weighted by Gasteiger charge is 2.36. The first kappa shape index (κ1) is 23.7. The van der Waals surface area contributed by atoms with E-state index in [4.69, 9.17) is 0 Å². The first-order valence-corrected chi connectivity index (χ1v) is 13.7. The molecular weight excluding hydrogens is 485 g/mol. The molecule has 182 valence electrons. The van der Waals surface area contributed by atoms with Crippen LogP contribution >= 0.6 is 11.3 Å². The van der Waals surface area contributed by atoms with Gasteiger partial charge >= 0.3 is 0 Å². The largest absolute Gasteiger partial charge is 0.334 e. The monoisotopic (exact) mass is 511 g/mol. The second kappa shape index (κ2) is 9.22. The molecule has 0 N–H and O–H groups in total. The average molecular weight is 512 g/mol. The number of halogens is 1. The van der Waals surface area contributed by atoms with Crippen molar-refractivity contribution in [2.24, 2.45) is 0 Å². The molecular formula is C26H26FN3O3S2. The minimum Gasteiger partial charge on any atom is -0.334 e. The summed E-state index contributed by atoms with van der Waals surface area (Å²) in [5.74, 6) is -0.464. The molecule has 1 saturated heterocycles. The van der Waals surface area contributed by atoms with Crippen LogP contribution in [0.5, 0.6) is 0 Å². The third-order valence-corrected chi connectivity index (χ3v) is 9.41. The minimum absolute atomic E-state index is 0.149. The third-order valence-electron chi connectivity index (χ3n) is 6.43. The highest BCUT2D eigenvalue weighted by atomic mass is 32.2. The topological polar surface area (TPSA) is 62.6 Å². The Morgan fingerprint density at radius 3 is 2.57 bits per heavy atom. The van der Waals surface area contributed by atoms with Crippen molar-refractivity contribution in [3.8, 4) is 0 Å². The van der Waals surface area contributed by atoms with Crippen molar-refractivity contribution in [2.75, 3.05) is 19.6 Å². The smallest absolute Gasteiger partial charge is 0.270 e. The van der Waals surface area contributed by atoms with Crippen LogP contribution in [-0.4, -0.2) is 53.8 Å². The molecule has 2 aromatic heterocycles. The lowest BCUT2D eigenvalue weighted by atomic mass is 10.2. The first-order chi connectivity index (χ1) is 16.7. The summed E-state index contributed by atoms with van der Waals surface area (Å²) in [6.45, 7) is 4.94. The number of hydrogen-bond donors (Lipinski definition) is 0. The van der Waals surface area contributed by atoms with Gasteiger partial charge in [0.25, 0.3) is 5.91 Å². The molecule has 1 aliphatic rings. The number of carbonyl (C=O) groups is 1. The summed E-state index contributed by atoms with van der Waals surface area (Å²) < 4.78 is 43.6. The number of carbonyl (C=O) groups excluding carboxylic acids is 1. The van der Waals surface area contributed by atoms with Crippen LogP contribution in [0.3, 0.4) is 0 Å². The molecule has 35 heavy (non-hydrogen) atoms. The van der Waals surface area contributed by atoms with Gasteiger partial charge in [-0.1, -0.05) is 29.8 Å². The molecule has 3 heterocycles. The lowest BCUT2D eigenvalue weighted by Crippen LogP contribution is -2.55. The van der Waals surface area contributed by atoms with Gasteiger partial charge in [0.2, 0.25) is 10.0 Å². The number of amides is 1. The van der Waals surface area contributed by atoms with E-state index < -0.39 is 10.0 Å². The lowest BCUT2D eigenvalue weighted by Gasteiger charge is -2.39. The van der Waals surface area contributed by atoms with Crippen molar-refractivity contribution < 1.29 is 17.6 Å². The Kier molecular flexibility index (Phi) is 6.25. The van der Waals surface area contributed by atoms with Gasteiger partial charge in [0, 0.05) is 37.6 Å². The van der Waals surface area contributed by atoms with Crippen LogP contribution in [-0.2, 0) is 16.6 Å². The van der Waals surface area contributed by atoms with Gasteiger partial charge in [-0.25, -0.2) is 12.8 Å². The van der Waals surface area contributed by atoms with E-state index in [9.17, 15) is 17.6 Å². The first-order valence-electron chi connectivity index (χ1n) is 11.4. The van der Waals surface area contributed by atoms with E-state index in [1.54, 1.807) is 35.2 Å². The summed E-state index contributed by atoms with van der Waals surface area (Å²) in [6, 6.07) is 16.7. The van der Waals surface area contributed by atoms with Gasteiger partial charge in [-0.05, 0) is 61.2 Å². The molecule has 0 aliphatic carbocycles. The summed E-state index contributed by atoms with van der Waals surface area (Å²) in [6.07, 6.45) is 0. The number of fused-ring (bicyclic) bond motifs is 1. The fraction of sp³-hybridized carbons (Fsp3) is 0.269. The molecule has 5 rings (SSSR count). The van der Waals surface area contributed by atoms with Gasteiger partial charge in [-0.2, -0.15) is 4.31 Å². The summed E-state index contributed by atoms with van der Waals surface area (Å²) in [5, 5.41) is 2.93. The zero-order valence-electron chi connectivity index (χ0n) is 19.5. The quantitative estimate of drug-likeness (QED) is 0.389. The molecule has 0 radical (unpaired) electrons. The summed E-state index contributed by atoms with van der Waals surface area (Å²) in [5.41, 5.74) is 2.29. The molecule has 4 aromatic rings. The van der Waals surface area contributed by atoms with Gasteiger partial charge in [0.15, 0.2) is 0 Å². The fourth-order valence-electron chi connectivity index (χ4n) is 4.62. The van der Waals surface area contributed by atoms with Gasteiger partial charge in [-0.3, -0.25) is 4.79 Å². The van der Waals surface area contributed by atoms with Crippen molar-refractivity contribution >= 4 is 37.5 Å². The molecule has 9 heteroatoms. The maximum absolute atomic E-state index is 13.8. The van der Waals surface area contributed by atoms with Gasteiger partial charge in [0.05, 0.1) is 4.90 Å². The Balaban J connectivity index is 1.39. The van der Waals surface area contributed by atoms with Crippen molar-refractivity contribution in [3.63, 3.8) is 0 Å². The number of hydrogen-bond acceptors (Lipinski definition) is 4. The molecule has 0 spiro atoms. The van der Waals surface area contributed by atoms with Crippen LogP contribution in [0.25, 0.3) is 10.2 Å². The lowest BCUT2D eigenvalue weighted by molar-refractivity contribution is 0.0632. The van der Waals surface area contributed by atoms with E-state index in [1.807, 2.05) is 42.0 Å². The van der Waals surface area contributed by atoms with E-state index >= 15 is 0 Å². The van der Waals surface area contributed by atoms with Crippen molar-refractivity contribution in [3.05, 3.63) is 88.7 Å². The zero-order valence-corrected chi connectivity index (χ0v) is 21.2. The molecule has 0 unspecified atom stereocenters. The number of aromatic nitrogens is 1. The maximum Gasteiger partial charge on any atom is 0.270 e. The Hall–Kier alpha value is -3.01. The van der Waals surface area contributed by atoms with E-state index in [1.165, 1.54) is 27.8 Å². The molecule has 6 nitrogen and oxygen atoms in total. The van der Waals surface area contributed by atoms with Crippen LogP contribution < -0.4 is 0 Å². The third kappa shape index (κ3) is 4.51. The van der Waals surface area contributed by atoms with E-state index in [-0.39, 0.29) is 29.2 Å². The molecule has 1 aliphatic heterocycles. The van der Waals surface area contributed by atoms with E-state index in [0.717, 1.165) is 21.3 Å². The fourth-order valence-corrected chi connectivity index (χ4v) is 7.13. The van der Waals surface area contributed by atoms with Crippen molar-refractivity contribution in [1.82, 2.24) is 13.8 Å². The molecule has 2 aromatic carbocycles. The molecule has 0 bridgehead atoms. The second-order valence-corrected chi connectivity index (χ2v) is 11.7. The van der Waals surface area contributed by atoms with Gasteiger partial charge < -0.3 is 9.47 Å². The van der Waals surface area contributed by atoms with Gasteiger partial charge in [0.1, 0.15) is 16.3 Å². The van der Waals surface area contributed by atoms with E-state index in [2.05, 4.69) is 0 Å². The van der Waals surface area contributed by atoms with Crippen LogP contribution in [0, 0.1) is 12.7 Å². The van der Waals surface area contributed by atoms with Crippen LogP contribution in [0.1, 0.15) is 28.5 Å². The standard InChI is InChI=1S/C26H26FN3O3S2/c1-18-6-8-23(9-7-18)35(32,33)30-12-11-28(16-19(30)2)25(31)24-15-21-10-13-34-26(21)29(24)17-20-4-3-5-22(27)14-20/h3-10,13-15,19H,11-12,16-17H2,1-2H3/t19-/m1/s1. The number of rotatable bonds is 5. The number of nitrogens with zero attached hydrogens (tertiary/aromatic N) is 3. The summed E-state index contributed by atoms with van der Waals surface area (Å²) in [4.78, 5) is 16.6. The van der Waals surface area contributed by atoms with Crippen LogP contribution in [0.2, 0.25) is 0 Å². The zero-order chi connectivity index (χ0) is 24.7. The Bertz CT molecular complexity index is 1490. The molecule has 1 fully saturated rings. The SMILES string of the molecule is Cc1ccc(S(=O)(=O)N2CCN(C(=O)c3cc4ccsc4n3Cc3cccc(F)c3)C[C@H]2C)cc1. The predicted molar refractivity (Wildman–Crippen MR) is 136 cm³/mol. The van der Waals surface area contributed by atoms with Crippen LogP contribution in [0.15, 0.2) is 70.9 Å². The number of sulfonamides is 1. The number of benzene rings is 2. The minimum atomic E-state index is -3.65. The van der Waals surface area contributed by atoms with Crippen molar-refractivity contribution in [2.45, 2.75) is 31.3 Å². The average Bonchev–Trinajstić information content (AvgIpc) is 3.41. The molecule has 0 saturated carbocycles. The molecule has 1 amide bonds. The number of thiophene rings is 1. The Morgan fingerprint density at radius 2 is 1.86 bits per heavy atom. The highest BCUT2D eigenvalue weighted by molar-refractivity contribution is 7.89. The van der Waals surface area contributed by atoms with E-state index in [0.29, 0.717) is 25.3 Å². The van der Waals surface area contributed by atoms with Crippen LogP contribution in [0.4, 0.5) is 4.39 Å². The Morgan fingerprint density at radius 1 is 1.09 bits per heavy atom. The number of piperazine rings is 1. The number of aryl methyl sites for hydroxylation is 1. The Labute approximate surface area is 208 Å². The predicted octanol–water partition coefficient (Wildman–Crippen LogP) is 4.73.